The van der Waals surface area contributed by atoms with Gasteiger partial charge in [0.1, 0.15) is 0 Å². The summed E-state index contributed by atoms with van der Waals surface area (Å²) in [6.45, 7) is 0. The zero-order valence-corrected chi connectivity index (χ0v) is 10.6. The van der Waals surface area contributed by atoms with Gasteiger partial charge in [-0.1, -0.05) is 31.9 Å². The van der Waals surface area contributed by atoms with E-state index in [1.807, 2.05) is 12.1 Å². The fourth-order valence-corrected chi connectivity index (χ4v) is 2.48. The first-order chi connectivity index (χ1) is 6.24. The average molecular weight is 310 g/mol. The highest BCUT2D eigenvalue weighted by atomic mass is 79.9. The molecular formula is C9H10Br2O2. The summed E-state index contributed by atoms with van der Waals surface area (Å²) in [6.07, 6.45) is 0. The van der Waals surface area contributed by atoms with Crippen LogP contribution in [0.4, 0.5) is 0 Å². The van der Waals surface area contributed by atoms with Crippen molar-refractivity contribution < 1.29 is 9.47 Å². The van der Waals surface area contributed by atoms with E-state index >= 15 is 0 Å². The van der Waals surface area contributed by atoms with Crippen molar-refractivity contribution in [2.24, 2.45) is 0 Å². The van der Waals surface area contributed by atoms with Crippen LogP contribution in [0, 0.1) is 0 Å². The molecule has 0 saturated carbocycles. The summed E-state index contributed by atoms with van der Waals surface area (Å²) in [5, 5.41) is 0.730. The fourth-order valence-electron chi connectivity index (χ4n) is 1.09. The molecule has 0 aliphatic rings. The lowest BCUT2D eigenvalue weighted by atomic mass is 10.2. The zero-order valence-electron chi connectivity index (χ0n) is 7.43. The van der Waals surface area contributed by atoms with Crippen LogP contribution in [0.2, 0.25) is 0 Å². The highest BCUT2D eigenvalue weighted by Crippen LogP contribution is 2.37. The van der Waals surface area contributed by atoms with Gasteiger partial charge >= 0.3 is 0 Å². The van der Waals surface area contributed by atoms with E-state index in [0.29, 0.717) is 0 Å². The Bertz CT molecular complexity index is 300. The van der Waals surface area contributed by atoms with Crippen molar-refractivity contribution in [2.75, 3.05) is 14.2 Å². The van der Waals surface area contributed by atoms with Crippen molar-refractivity contribution in [1.29, 1.82) is 0 Å². The molecule has 4 heteroatoms. The molecule has 0 amide bonds. The Hall–Kier alpha value is -0.220. The minimum Gasteiger partial charge on any atom is -0.493 e. The van der Waals surface area contributed by atoms with Crippen molar-refractivity contribution >= 4 is 31.9 Å². The lowest BCUT2D eigenvalue weighted by molar-refractivity contribution is 0.352. The number of ether oxygens (including phenoxy) is 2. The SMILES string of the molecule is COc1ccc(Br)c(CBr)c1OC. The van der Waals surface area contributed by atoms with Crippen molar-refractivity contribution in [3.05, 3.63) is 22.2 Å². The summed E-state index contributed by atoms with van der Waals surface area (Å²) in [6, 6.07) is 3.81. The number of halogens is 2. The van der Waals surface area contributed by atoms with E-state index in [-0.39, 0.29) is 0 Å². The molecule has 0 fully saturated rings. The summed E-state index contributed by atoms with van der Waals surface area (Å²) in [5.41, 5.74) is 1.06. The minimum atomic E-state index is 0.730. The predicted octanol–water partition coefficient (Wildman–Crippen LogP) is 3.36. The summed E-state index contributed by atoms with van der Waals surface area (Å²) < 4.78 is 11.4. The monoisotopic (exact) mass is 308 g/mol. The molecule has 0 radical (unpaired) electrons. The molecule has 0 unspecified atom stereocenters. The van der Waals surface area contributed by atoms with Gasteiger partial charge in [-0.2, -0.15) is 0 Å². The maximum Gasteiger partial charge on any atom is 0.165 e. The van der Waals surface area contributed by atoms with E-state index in [1.165, 1.54) is 0 Å². The molecule has 1 aromatic carbocycles. The number of hydrogen-bond donors (Lipinski definition) is 0. The van der Waals surface area contributed by atoms with Crippen molar-refractivity contribution in [2.45, 2.75) is 5.33 Å². The van der Waals surface area contributed by atoms with Crippen LogP contribution in [0.5, 0.6) is 11.5 Å². The van der Waals surface area contributed by atoms with Gasteiger partial charge in [0.2, 0.25) is 0 Å². The average Bonchev–Trinajstić information content (AvgIpc) is 2.17. The Balaban J connectivity index is 3.27. The third-order valence-electron chi connectivity index (χ3n) is 1.72. The summed E-state index contributed by atoms with van der Waals surface area (Å²) in [4.78, 5) is 0. The molecule has 72 valence electrons. The van der Waals surface area contributed by atoms with E-state index in [1.54, 1.807) is 14.2 Å². The van der Waals surface area contributed by atoms with Crippen molar-refractivity contribution in [3.63, 3.8) is 0 Å². The molecule has 0 aliphatic carbocycles. The first-order valence-corrected chi connectivity index (χ1v) is 5.61. The molecule has 1 aromatic rings. The zero-order chi connectivity index (χ0) is 9.84. The molecule has 0 heterocycles. The molecule has 0 aromatic heterocycles. The maximum atomic E-state index is 5.25. The first-order valence-electron chi connectivity index (χ1n) is 3.70. The van der Waals surface area contributed by atoms with E-state index < -0.39 is 0 Å². The van der Waals surface area contributed by atoms with Crippen LogP contribution in [-0.4, -0.2) is 14.2 Å². The van der Waals surface area contributed by atoms with Gasteiger partial charge in [-0.25, -0.2) is 0 Å². The maximum absolute atomic E-state index is 5.25. The quantitative estimate of drug-likeness (QED) is 0.797. The fraction of sp³-hybridized carbons (Fsp3) is 0.333. The number of hydrogen-bond acceptors (Lipinski definition) is 2. The van der Waals surface area contributed by atoms with Crippen LogP contribution in [0.3, 0.4) is 0 Å². The number of benzene rings is 1. The molecule has 0 spiro atoms. The Morgan fingerprint density at radius 2 is 1.92 bits per heavy atom. The topological polar surface area (TPSA) is 18.5 Å². The van der Waals surface area contributed by atoms with Gasteiger partial charge in [-0.15, -0.1) is 0 Å². The van der Waals surface area contributed by atoms with Crippen LogP contribution in [0.25, 0.3) is 0 Å². The Labute approximate surface area is 94.5 Å². The van der Waals surface area contributed by atoms with Gasteiger partial charge in [0, 0.05) is 15.4 Å². The second-order valence-electron chi connectivity index (χ2n) is 2.40. The first kappa shape index (κ1) is 10.9. The van der Waals surface area contributed by atoms with Crippen LogP contribution in [0.15, 0.2) is 16.6 Å². The Morgan fingerprint density at radius 3 is 2.38 bits per heavy atom. The highest BCUT2D eigenvalue weighted by Gasteiger charge is 2.11. The molecule has 0 atom stereocenters. The lowest BCUT2D eigenvalue weighted by Crippen LogP contribution is -1.95. The smallest absolute Gasteiger partial charge is 0.165 e. The number of alkyl halides is 1. The van der Waals surface area contributed by atoms with E-state index in [2.05, 4.69) is 31.9 Å². The molecule has 1 rings (SSSR count). The molecule has 0 N–H and O–H groups in total. The third-order valence-corrected chi connectivity index (χ3v) is 3.03. The standard InChI is InChI=1S/C9H10Br2O2/c1-12-8-4-3-7(11)6(5-10)9(8)13-2/h3-4H,5H2,1-2H3. The van der Waals surface area contributed by atoms with Crippen LogP contribution < -0.4 is 9.47 Å². The normalized spacial score (nSPS) is 9.85. The van der Waals surface area contributed by atoms with Gasteiger partial charge in [0.25, 0.3) is 0 Å². The molecule has 0 bridgehead atoms. The summed E-state index contributed by atoms with van der Waals surface area (Å²) in [5.74, 6) is 1.52. The van der Waals surface area contributed by atoms with Crippen molar-refractivity contribution in [3.8, 4) is 11.5 Å². The third kappa shape index (κ3) is 2.17. The van der Waals surface area contributed by atoms with Gasteiger partial charge in [-0.3, -0.25) is 0 Å². The summed E-state index contributed by atoms with van der Waals surface area (Å²) in [7, 11) is 3.26. The van der Waals surface area contributed by atoms with Crippen LogP contribution >= 0.6 is 31.9 Å². The number of methoxy groups -OCH3 is 2. The van der Waals surface area contributed by atoms with Crippen molar-refractivity contribution in [1.82, 2.24) is 0 Å². The highest BCUT2D eigenvalue weighted by molar-refractivity contribution is 9.10. The second kappa shape index (κ2) is 4.86. The predicted molar refractivity (Wildman–Crippen MR) is 59.9 cm³/mol. The number of rotatable bonds is 3. The molecular weight excluding hydrogens is 300 g/mol. The van der Waals surface area contributed by atoms with Crippen LogP contribution in [-0.2, 0) is 5.33 Å². The van der Waals surface area contributed by atoms with Gasteiger partial charge in [0.15, 0.2) is 11.5 Å². The van der Waals surface area contributed by atoms with Gasteiger partial charge in [0.05, 0.1) is 14.2 Å². The van der Waals surface area contributed by atoms with Gasteiger partial charge in [-0.05, 0) is 12.1 Å². The lowest BCUT2D eigenvalue weighted by Gasteiger charge is -2.12. The molecule has 0 saturated heterocycles. The Morgan fingerprint density at radius 1 is 1.23 bits per heavy atom. The molecule has 2 nitrogen and oxygen atoms in total. The van der Waals surface area contributed by atoms with Gasteiger partial charge < -0.3 is 9.47 Å². The van der Waals surface area contributed by atoms with E-state index in [0.717, 1.165) is 26.9 Å². The summed E-state index contributed by atoms with van der Waals surface area (Å²) >= 11 is 6.84. The van der Waals surface area contributed by atoms with E-state index in [4.69, 9.17) is 9.47 Å². The Kier molecular flexibility index (Phi) is 4.06. The largest absolute Gasteiger partial charge is 0.493 e. The van der Waals surface area contributed by atoms with Crippen LogP contribution in [0.1, 0.15) is 5.56 Å². The minimum absolute atomic E-state index is 0.730. The molecule has 0 aliphatic heterocycles. The second-order valence-corrected chi connectivity index (χ2v) is 3.81. The molecule has 13 heavy (non-hydrogen) atoms. The van der Waals surface area contributed by atoms with E-state index in [9.17, 15) is 0 Å².